The number of carbonyl (C=O) groups excluding carboxylic acids is 1. The van der Waals surface area contributed by atoms with E-state index in [2.05, 4.69) is 24.1 Å². The number of urea groups is 1. The number of hydrogen-bond acceptors (Lipinski definition) is 4. The largest absolute Gasteiger partial charge is 0.334 e. The van der Waals surface area contributed by atoms with E-state index < -0.39 is 10.6 Å². The number of pyridine rings is 1. The first-order valence-electron chi connectivity index (χ1n) is 10.6. The Bertz CT molecular complexity index is 1210. The van der Waals surface area contributed by atoms with Crippen LogP contribution in [0.3, 0.4) is 0 Å². The number of rotatable bonds is 4. The third-order valence-corrected chi connectivity index (χ3v) is 7.14. The maximum atomic E-state index is 13.5. The molecule has 0 aliphatic carbocycles. The summed E-state index contributed by atoms with van der Waals surface area (Å²) in [5, 5.41) is 2.94. The average molecular weight is 472 g/mol. The Balaban J connectivity index is 0.00000324. The van der Waals surface area contributed by atoms with Gasteiger partial charge in [0.15, 0.2) is 0 Å². The fraction of sp³-hybridized carbons (Fsp3) is 0.280. The standard InChI is InChI=1S/C25H28FN3O3S.H2/c1-16-11-18(26)7-10-20(16)22-12-21-23(14-27-22)29(15-25(21,2)3)24(30)28-13-17-5-8-19(9-6-17)33(4,31)32;/h5-12,14,31-32H,13,15H2,1-4H3,(H,28,30);1H. The number of hydrogen-bond donors (Lipinski definition) is 3. The molecule has 8 heteroatoms. The van der Waals surface area contributed by atoms with Crippen LogP contribution in [-0.4, -0.2) is 32.9 Å². The number of fused-ring (bicyclic) bond motifs is 1. The molecule has 0 spiro atoms. The van der Waals surface area contributed by atoms with E-state index in [1.165, 1.54) is 18.4 Å². The van der Waals surface area contributed by atoms with Crippen molar-refractivity contribution in [3.05, 3.63) is 77.2 Å². The van der Waals surface area contributed by atoms with Gasteiger partial charge in [-0.25, -0.2) is 9.18 Å². The first-order valence-corrected chi connectivity index (χ1v) is 12.6. The predicted octanol–water partition coefficient (Wildman–Crippen LogP) is 6.19. The Labute approximate surface area is 196 Å². The lowest BCUT2D eigenvalue weighted by molar-refractivity contribution is 0.245. The van der Waals surface area contributed by atoms with Crippen LogP contribution in [0, 0.1) is 12.7 Å². The summed E-state index contributed by atoms with van der Waals surface area (Å²) in [5.41, 5.74) is 4.79. The fourth-order valence-corrected chi connectivity index (χ4v) is 4.80. The molecule has 2 aromatic carbocycles. The van der Waals surface area contributed by atoms with Gasteiger partial charge in [0.2, 0.25) is 0 Å². The van der Waals surface area contributed by atoms with Crippen LogP contribution in [0.1, 0.15) is 32.0 Å². The third-order valence-electron chi connectivity index (χ3n) is 5.98. The number of aryl methyl sites for hydroxylation is 1. The Morgan fingerprint density at radius 1 is 1.21 bits per heavy atom. The van der Waals surface area contributed by atoms with Gasteiger partial charge in [0, 0.05) is 31.8 Å². The van der Waals surface area contributed by atoms with Crippen molar-refractivity contribution in [3.8, 4) is 11.3 Å². The summed E-state index contributed by atoms with van der Waals surface area (Å²) in [5.74, 6) is -0.279. The number of nitrogens with zero attached hydrogens (tertiary/aromatic N) is 2. The van der Waals surface area contributed by atoms with Crippen molar-refractivity contribution < 1.29 is 19.7 Å². The lowest BCUT2D eigenvalue weighted by Crippen LogP contribution is -2.41. The van der Waals surface area contributed by atoms with Crippen LogP contribution in [0.15, 0.2) is 59.6 Å². The minimum atomic E-state index is -2.76. The van der Waals surface area contributed by atoms with Gasteiger partial charge < -0.3 is 5.32 Å². The van der Waals surface area contributed by atoms with Crippen molar-refractivity contribution in [2.45, 2.75) is 37.6 Å². The topological polar surface area (TPSA) is 85.7 Å². The molecule has 0 unspecified atom stereocenters. The molecule has 2 heterocycles. The highest BCUT2D eigenvalue weighted by molar-refractivity contribution is 8.23. The zero-order chi connectivity index (χ0) is 24.0. The lowest BCUT2D eigenvalue weighted by Gasteiger charge is -2.27. The second-order valence-electron chi connectivity index (χ2n) is 9.15. The van der Waals surface area contributed by atoms with Crippen LogP contribution < -0.4 is 10.2 Å². The lowest BCUT2D eigenvalue weighted by atomic mass is 9.86. The molecule has 3 N–H and O–H groups in total. The number of amides is 2. The van der Waals surface area contributed by atoms with Gasteiger partial charge in [0.05, 0.1) is 22.5 Å². The van der Waals surface area contributed by atoms with E-state index in [4.69, 9.17) is 0 Å². The maximum absolute atomic E-state index is 13.5. The van der Waals surface area contributed by atoms with E-state index >= 15 is 0 Å². The molecule has 0 saturated heterocycles. The Kier molecular flexibility index (Phi) is 5.94. The monoisotopic (exact) mass is 471 g/mol. The molecule has 6 nitrogen and oxygen atoms in total. The van der Waals surface area contributed by atoms with Crippen LogP contribution in [0.2, 0.25) is 0 Å². The molecule has 0 atom stereocenters. The molecule has 0 bridgehead atoms. The molecule has 1 aliphatic rings. The summed E-state index contributed by atoms with van der Waals surface area (Å²) in [6.07, 6.45) is 3.09. The van der Waals surface area contributed by atoms with Gasteiger partial charge >= 0.3 is 6.03 Å². The smallest absolute Gasteiger partial charge is 0.322 e. The van der Waals surface area contributed by atoms with Crippen molar-refractivity contribution in [2.75, 3.05) is 17.7 Å². The van der Waals surface area contributed by atoms with Crippen molar-refractivity contribution in [1.82, 2.24) is 10.3 Å². The Hall–Kier alpha value is -2.94. The molecule has 33 heavy (non-hydrogen) atoms. The summed E-state index contributed by atoms with van der Waals surface area (Å²) >= 11 is 0. The van der Waals surface area contributed by atoms with Gasteiger partial charge in [-0.05, 0) is 60.0 Å². The molecule has 176 valence electrons. The molecule has 0 saturated carbocycles. The van der Waals surface area contributed by atoms with Crippen LogP contribution in [0.5, 0.6) is 0 Å². The molecule has 4 rings (SSSR count). The van der Waals surface area contributed by atoms with Gasteiger partial charge in [-0.2, -0.15) is 10.6 Å². The van der Waals surface area contributed by atoms with Crippen molar-refractivity contribution in [3.63, 3.8) is 0 Å². The van der Waals surface area contributed by atoms with E-state index in [1.54, 1.807) is 41.4 Å². The first-order chi connectivity index (χ1) is 15.5. The minimum Gasteiger partial charge on any atom is -0.334 e. The molecule has 0 radical (unpaired) electrons. The second kappa shape index (κ2) is 8.44. The first kappa shape index (κ1) is 23.2. The van der Waals surface area contributed by atoms with E-state index in [-0.39, 0.29) is 18.7 Å². The summed E-state index contributed by atoms with van der Waals surface area (Å²) < 4.78 is 33.0. The van der Waals surface area contributed by atoms with Crippen molar-refractivity contribution >= 4 is 22.3 Å². The van der Waals surface area contributed by atoms with E-state index in [0.717, 1.165) is 33.6 Å². The molecule has 2 amide bonds. The highest BCUT2D eigenvalue weighted by Crippen LogP contribution is 2.44. The van der Waals surface area contributed by atoms with E-state index in [9.17, 15) is 18.3 Å². The Morgan fingerprint density at radius 2 is 1.91 bits per heavy atom. The van der Waals surface area contributed by atoms with Gasteiger partial charge in [-0.1, -0.05) is 26.0 Å². The summed E-state index contributed by atoms with van der Waals surface area (Å²) in [7, 11) is -2.76. The maximum Gasteiger partial charge on any atom is 0.322 e. The number of carbonyl (C=O) groups is 1. The molecular weight excluding hydrogens is 441 g/mol. The SMILES string of the molecule is Cc1cc(F)ccc1-c1cc2c(cn1)N(C(=O)NCc1ccc(S(C)(O)O)cc1)CC2(C)C.[HH]. The van der Waals surface area contributed by atoms with Gasteiger partial charge in [-0.3, -0.25) is 19.0 Å². The zero-order valence-electron chi connectivity index (χ0n) is 19.1. The number of benzene rings is 2. The average Bonchev–Trinajstić information content (AvgIpc) is 3.02. The summed E-state index contributed by atoms with van der Waals surface area (Å²) in [4.78, 5) is 19.7. The molecule has 0 fully saturated rings. The predicted molar refractivity (Wildman–Crippen MR) is 133 cm³/mol. The molecule has 1 aromatic heterocycles. The fourth-order valence-electron chi connectivity index (χ4n) is 4.15. The van der Waals surface area contributed by atoms with Gasteiger partial charge in [0.1, 0.15) is 5.82 Å². The van der Waals surface area contributed by atoms with Crippen molar-refractivity contribution in [1.29, 1.82) is 0 Å². The quantitative estimate of drug-likeness (QED) is 0.424. The number of nitrogens with one attached hydrogen (secondary N) is 1. The van der Waals surface area contributed by atoms with Crippen LogP contribution in [-0.2, 0) is 12.0 Å². The highest BCUT2D eigenvalue weighted by Gasteiger charge is 2.38. The molecule has 1 aliphatic heterocycles. The van der Waals surface area contributed by atoms with Crippen molar-refractivity contribution in [2.24, 2.45) is 0 Å². The van der Waals surface area contributed by atoms with Gasteiger partial charge in [-0.15, -0.1) is 0 Å². The minimum absolute atomic E-state index is 0. The van der Waals surface area contributed by atoms with Gasteiger partial charge in [0.25, 0.3) is 0 Å². The van der Waals surface area contributed by atoms with E-state index in [1.807, 2.05) is 13.0 Å². The van der Waals surface area contributed by atoms with Crippen LogP contribution >= 0.6 is 10.6 Å². The highest BCUT2D eigenvalue weighted by atomic mass is 32.3. The zero-order valence-corrected chi connectivity index (χ0v) is 19.9. The van der Waals surface area contributed by atoms with E-state index in [0.29, 0.717) is 18.0 Å². The number of halogens is 1. The number of anilines is 1. The number of aromatic nitrogens is 1. The second-order valence-corrected chi connectivity index (χ2v) is 11.3. The molecular formula is C25H30FN3O3S. The van der Waals surface area contributed by atoms with Crippen LogP contribution in [0.4, 0.5) is 14.9 Å². The van der Waals surface area contributed by atoms with Crippen LogP contribution in [0.25, 0.3) is 11.3 Å². The molecule has 3 aromatic rings. The summed E-state index contributed by atoms with van der Waals surface area (Å²) in [6, 6.07) is 13.3. The Morgan fingerprint density at radius 3 is 2.55 bits per heavy atom. The summed E-state index contributed by atoms with van der Waals surface area (Å²) in [6.45, 7) is 6.85. The normalized spacial score (nSPS) is 15.3. The third kappa shape index (κ3) is 4.73.